The predicted octanol–water partition coefficient (Wildman–Crippen LogP) is 4.93. The second kappa shape index (κ2) is 9.15. The van der Waals surface area contributed by atoms with Gasteiger partial charge in [0.15, 0.2) is 0 Å². The van der Waals surface area contributed by atoms with Crippen molar-refractivity contribution in [3.05, 3.63) is 60.6 Å². The molecule has 1 amide bonds. The van der Waals surface area contributed by atoms with Crippen molar-refractivity contribution in [3.63, 3.8) is 0 Å². The van der Waals surface area contributed by atoms with Crippen molar-refractivity contribution in [2.24, 2.45) is 5.92 Å². The lowest BCUT2D eigenvalue weighted by Gasteiger charge is -2.32. The topological polar surface area (TPSA) is 80.2 Å². The number of piperidine rings is 1. The van der Waals surface area contributed by atoms with Crippen LogP contribution in [0.25, 0.3) is 20.7 Å². The lowest BCUT2D eigenvalue weighted by molar-refractivity contribution is -0.120. The molecule has 0 aliphatic carbocycles. The van der Waals surface area contributed by atoms with Crippen molar-refractivity contribution >= 4 is 39.1 Å². The molecule has 0 unspecified atom stereocenters. The summed E-state index contributed by atoms with van der Waals surface area (Å²) in [5, 5.41) is 2.97. The van der Waals surface area contributed by atoms with Crippen LogP contribution in [0, 0.1) is 12.8 Å². The molecule has 33 heavy (non-hydrogen) atoms. The molecular formula is C25H25N5O2S. The first-order valence-corrected chi connectivity index (χ1v) is 11.8. The van der Waals surface area contributed by atoms with Gasteiger partial charge in [-0.05, 0) is 73.4 Å². The lowest BCUT2D eigenvalue weighted by Crippen LogP contribution is -2.38. The Morgan fingerprint density at radius 2 is 1.88 bits per heavy atom. The fourth-order valence-corrected chi connectivity index (χ4v) is 5.28. The number of nitrogens with one attached hydrogen (secondary N) is 1. The van der Waals surface area contributed by atoms with E-state index in [1.807, 2.05) is 31.2 Å². The normalized spacial score (nSPS) is 14.4. The monoisotopic (exact) mass is 459 g/mol. The fourth-order valence-electron chi connectivity index (χ4n) is 4.15. The van der Waals surface area contributed by atoms with Crippen LogP contribution in [0.15, 0.2) is 55.0 Å². The summed E-state index contributed by atoms with van der Waals surface area (Å²) in [5.41, 5.74) is 3.15. The average molecular weight is 460 g/mol. The van der Waals surface area contributed by atoms with Crippen LogP contribution in [-0.4, -0.2) is 41.1 Å². The first-order valence-electron chi connectivity index (χ1n) is 11.0. The van der Waals surface area contributed by atoms with Gasteiger partial charge in [0.2, 0.25) is 5.91 Å². The second-order valence-corrected chi connectivity index (χ2v) is 9.27. The number of thiophene rings is 1. The van der Waals surface area contributed by atoms with E-state index in [2.05, 4.69) is 43.4 Å². The Hall–Kier alpha value is -3.52. The molecule has 0 spiro atoms. The van der Waals surface area contributed by atoms with Crippen LogP contribution in [0.5, 0.6) is 5.75 Å². The van der Waals surface area contributed by atoms with E-state index in [1.165, 1.54) is 0 Å². The van der Waals surface area contributed by atoms with Crippen LogP contribution >= 0.6 is 11.3 Å². The Labute approximate surface area is 196 Å². The Morgan fingerprint density at radius 1 is 1.09 bits per heavy atom. The predicted molar refractivity (Wildman–Crippen MR) is 132 cm³/mol. The summed E-state index contributed by atoms with van der Waals surface area (Å²) >= 11 is 1.70. The molecule has 4 heterocycles. The van der Waals surface area contributed by atoms with Gasteiger partial charge in [0.05, 0.1) is 17.3 Å². The number of fused-ring (bicyclic) bond motifs is 1. The van der Waals surface area contributed by atoms with Crippen molar-refractivity contribution in [1.29, 1.82) is 0 Å². The molecule has 7 nitrogen and oxygen atoms in total. The third kappa shape index (κ3) is 4.52. The van der Waals surface area contributed by atoms with Gasteiger partial charge < -0.3 is 15.0 Å². The van der Waals surface area contributed by atoms with Crippen LogP contribution in [0.1, 0.15) is 18.4 Å². The van der Waals surface area contributed by atoms with Crippen LogP contribution in [-0.2, 0) is 4.79 Å². The zero-order valence-electron chi connectivity index (χ0n) is 18.6. The summed E-state index contributed by atoms with van der Waals surface area (Å²) in [5.74, 6) is 2.41. The van der Waals surface area contributed by atoms with Crippen molar-refractivity contribution in [3.8, 4) is 16.2 Å². The van der Waals surface area contributed by atoms with Gasteiger partial charge in [-0.25, -0.2) is 15.0 Å². The van der Waals surface area contributed by atoms with Gasteiger partial charge in [-0.1, -0.05) is 0 Å². The molecule has 4 aromatic rings. The summed E-state index contributed by atoms with van der Waals surface area (Å²) in [6, 6.07) is 14.0. The van der Waals surface area contributed by atoms with Crippen molar-refractivity contribution in [2.45, 2.75) is 19.8 Å². The van der Waals surface area contributed by atoms with E-state index in [-0.39, 0.29) is 11.8 Å². The summed E-state index contributed by atoms with van der Waals surface area (Å²) < 4.78 is 6.35. The number of benzene rings is 1. The maximum Gasteiger partial charge on any atom is 0.228 e. The summed E-state index contributed by atoms with van der Waals surface area (Å²) in [6.07, 6.45) is 4.90. The maximum atomic E-state index is 12.7. The molecule has 168 valence electrons. The molecule has 3 aromatic heterocycles. The Balaban J connectivity index is 1.30. The van der Waals surface area contributed by atoms with Crippen molar-refractivity contribution in [2.75, 3.05) is 30.4 Å². The van der Waals surface area contributed by atoms with Crippen molar-refractivity contribution in [1.82, 2.24) is 15.0 Å². The van der Waals surface area contributed by atoms with Gasteiger partial charge in [0.25, 0.3) is 0 Å². The minimum Gasteiger partial charge on any atom is -0.497 e. The third-order valence-corrected chi connectivity index (χ3v) is 7.17. The number of aromatic nitrogens is 3. The highest BCUT2D eigenvalue weighted by Gasteiger charge is 2.27. The average Bonchev–Trinajstić information content (AvgIpc) is 3.29. The smallest absolute Gasteiger partial charge is 0.228 e. The number of hydrogen-bond acceptors (Lipinski definition) is 7. The van der Waals surface area contributed by atoms with E-state index in [0.717, 1.165) is 63.7 Å². The maximum absolute atomic E-state index is 12.7. The van der Waals surface area contributed by atoms with E-state index in [9.17, 15) is 4.79 Å². The van der Waals surface area contributed by atoms with Crippen LogP contribution in [0.3, 0.4) is 0 Å². The summed E-state index contributed by atoms with van der Waals surface area (Å²) in [6.45, 7) is 3.55. The molecule has 1 aromatic carbocycles. The molecule has 0 saturated carbocycles. The second-order valence-electron chi connectivity index (χ2n) is 8.22. The number of aryl methyl sites for hydroxylation is 1. The van der Waals surface area contributed by atoms with E-state index < -0.39 is 0 Å². The largest absolute Gasteiger partial charge is 0.497 e. The van der Waals surface area contributed by atoms with Gasteiger partial charge in [-0.15, -0.1) is 11.3 Å². The highest BCUT2D eigenvalue weighted by atomic mass is 32.1. The Kier molecular flexibility index (Phi) is 5.92. The molecule has 1 saturated heterocycles. The minimum absolute atomic E-state index is 0.0286. The molecule has 8 heteroatoms. The molecule has 1 fully saturated rings. The standard InChI is InChI=1S/C25H25N5O2S/c1-16-7-10-26-22(13-16)29-25(31)18-8-11-30(12-9-18)24-23-20(27-15-28-24)14-21(33-23)17-3-5-19(32-2)6-4-17/h3-7,10,13-15,18H,8-9,11-12H2,1-2H3,(H,26,29,31). The molecule has 5 rings (SSSR count). The number of rotatable bonds is 5. The van der Waals surface area contributed by atoms with E-state index in [1.54, 1.807) is 31.0 Å². The number of anilines is 2. The molecule has 0 radical (unpaired) electrons. The number of carbonyl (C=O) groups is 1. The van der Waals surface area contributed by atoms with Gasteiger partial charge in [0.1, 0.15) is 23.7 Å². The summed E-state index contributed by atoms with van der Waals surface area (Å²) in [4.78, 5) is 29.5. The Morgan fingerprint density at radius 3 is 2.61 bits per heavy atom. The zero-order valence-corrected chi connectivity index (χ0v) is 19.4. The van der Waals surface area contributed by atoms with E-state index in [0.29, 0.717) is 5.82 Å². The highest BCUT2D eigenvalue weighted by Crippen LogP contribution is 2.38. The first-order chi connectivity index (χ1) is 16.1. The number of ether oxygens (including phenoxy) is 1. The highest BCUT2D eigenvalue weighted by molar-refractivity contribution is 7.22. The quantitative estimate of drug-likeness (QED) is 0.456. The number of methoxy groups -OCH3 is 1. The van der Waals surface area contributed by atoms with Crippen LogP contribution in [0.4, 0.5) is 11.6 Å². The van der Waals surface area contributed by atoms with Crippen molar-refractivity contribution < 1.29 is 9.53 Å². The van der Waals surface area contributed by atoms with Gasteiger partial charge >= 0.3 is 0 Å². The number of nitrogens with zero attached hydrogens (tertiary/aromatic N) is 4. The van der Waals surface area contributed by atoms with Crippen LogP contribution in [0.2, 0.25) is 0 Å². The number of carbonyl (C=O) groups excluding carboxylic acids is 1. The van der Waals surface area contributed by atoms with Crippen LogP contribution < -0.4 is 15.0 Å². The molecule has 0 atom stereocenters. The summed E-state index contributed by atoms with van der Waals surface area (Å²) in [7, 11) is 1.67. The third-order valence-electron chi connectivity index (χ3n) is 6.00. The number of amides is 1. The molecule has 1 N–H and O–H groups in total. The number of pyridine rings is 1. The van der Waals surface area contributed by atoms with Gasteiger partial charge in [-0.2, -0.15) is 0 Å². The zero-order chi connectivity index (χ0) is 22.8. The molecule has 1 aliphatic heterocycles. The fraction of sp³-hybridized carbons (Fsp3) is 0.280. The minimum atomic E-state index is -0.0286. The Bertz CT molecular complexity index is 1280. The van der Waals surface area contributed by atoms with E-state index in [4.69, 9.17) is 4.74 Å². The van der Waals surface area contributed by atoms with Gasteiger partial charge in [0, 0.05) is 30.1 Å². The lowest BCUT2D eigenvalue weighted by atomic mass is 9.96. The molecule has 0 bridgehead atoms. The SMILES string of the molecule is COc1ccc(-c2cc3ncnc(N4CCC(C(=O)Nc5cc(C)ccn5)CC4)c3s2)cc1. The number of hydrogen-bond donors (Lipinski definition) is 1. The molecular weight excluding hydrogens is 434 g/mol. The first kappa shape index (κ1) is 21.3. The molecule has 1 aliphatic rings. The van der Waals surface area contributed by atoms with Gasteiger partial charge in [-0.3, -0.25) is 4.79 Å². The van der Waals surface area contributed by atoms with E-state index >= 15 is 0 Å².